The molecular formula is C17H24O8. The van der Waals surface area contributed by atoms with Gasteiger partial charge in [-0.3, -0.25) is 4.79 Å². The summed E-state index contributed by atoms with van der Waals surface area (Å²) in [7, 11) is 0. The molecule has 0 saturated carbocycles. The van der Waals surface area contributed by atoms with Crippen LogP contribution in [-0.4, -0.2) is 74.9 Å². The summed E-state index contributed by atoms with van der Waals surface area (Å²) in [5, 5.41) is 47.8. The van der Waals surface area contributed by atoms with Crippen molar-refractivity contribution in [3.05, 3.63) is 35.9 Å². The molecule has 8 heteroatoms. The Balaban J connectivity index is 2.01. The maximum atomic E-state index is 11.1. The summed E-state index contributed by atoms with van der Waals surface area (Å²) in [6.45, 7) is -0.571. The molecule has 0 spiro atoms. The Morgan fingerprint density at radius 3 is 2.40 bits per heavy atom. The van der Waals surface area contributed by atoms with Gasteiger partial charge < -0.3 is 35.0 Å². The van der Waals surface area contributed by atoms with Gasteiger partial charge in [0.15, 0.2) is 6.29 Å². The second-order valence-corrected chi connectivity index (χ2v) is 6.08. The highest BCUT2D eigenvalue weighted by molar-refractivity contribution is 5.67. The smallest absolute Gasteiger partial charge is 0.305 e. The Bertz CT molecular complexity index is 535. The standard InChI is InChI=1S/C17H24O8/c18-9-12-14(21)15(22)16(23)17(25-12)24-11(8-13(19)20)7-6-10-4-2-1-3-5-10/h1-5,11-12,14-18,21-23H,6-9H2,(H,19,20)/t11-,12-,14+,15-,16-,17+/m0/s1. The van der Waals surface area contributed by atoms with Crippen LogP contribution in [0.25, 0.3) is 0 Å². The van der Waals surface area contributed by atoms with Gasteiger partial charge in [0.1, 0.15) is 24.4 Å². The number of aliphatic hydroxyl groups excluding tert-OH is 4. The van der Waals surface area contributed by atoms with Crippen LogP contribution in [0.3, 0.4) is 0 Å². The molecule has 0 aliphatic carbocycles. The molecule has 0 radical (unpaired) electrons. The summed E-state index contributed by atoms with van der Waals surface area (Å²) in [5.41, 5.74) is 1.01. The van der Waals surface area contributed by atoms with E-state index < -0.39 is 49.4 Å². The van der Waals surface area contributed by atoms with E-state index >= 15 is 0 Å². The second kappa shape index (κ2) is 9.23. The first-order valence-electron chi connectivity index (χ1n) is 8.14. The molecule has 140 valence electrons. The Hall–Kier alpha value is -1.55. The molecule has 0 amide bonds. The van der Waals surface area contributed by atoms with Gasteiger partial charge in [-0.2, -0.15) is 0 Å². The molecule has 2 rings (SSSR count). The number of aryl methyl sites for hydroxylation is 1. The quantitative estimate of drug-likeness (QED) is 0.412. The summed E-state index contributed by atoms with van der Waals surface area (Å²) in [4.78, 5) is 11.1. The Morgan fingerprint density at radius 1 is 1.12 bits per heavy atom. The largest absolute Gasteiger partial charge is 0.481 e. The van der Waals surface area contributed by atoms with Crippen molar-refractivity contribution in [2.75, 3.05) is 6.61 Å². The molecular weight excluding hydrogens is 332 g/mol. The molecule has 0 bridgehead atoms. The summed E-state index contributed by atoms with van der Waals surface area (Å²) in [5.74, 6) is -1.07. The fourth-order valence-electron chi connectivity index (χ4n) is 2.75. The minimum atomic E-state index is -1.56. The van der Waals surface area contributed by atoms with Crippen LogP contribution in [0.5, 0.6) is 0 Å². The van der Waals surface area contributed by atoms with Crippen molar-refractivity contribution in [2.45, 2.75) is 56.1 Å². The number of carbonyl (C=O) groups is 1. The van der Waals surface area contributed by atoms with Crippen molar-refractivity contribution >= 4 is 5.97 Å². The van der Waals surface area contributed by atoms with Gasteiger partial charge >= 0.3 is 5.97 Å². The lowest BCUT2D eigenvalue weighted by Gasteiger charge is -2.40. The predicted octanol–water partition coefficient (Wildman–Crippen LogP) is -0.721. The Labute approximate surface area is 145 Å². The van der Waals surface area contributed by atoms with Crippen LogP contribution in [-0.2, 0) is 20.7 Å². The predicted molar refractivity (Wildman–Crippen MR) is 85.7 cm³/mol. The van der Waals surface area contributed by atoms with E-state index in [0.717, 1.165) is 5.56 Å². The van der Waals surface area contributed by atoms with Gasteiger partial charge in [-0.1, -0.05) is 30.3 Å². The highest BCUT2D eigenvalue weighted by Gasteiger charge is 2.44. The highest BCUT2D eigenvalue weighted by Crippen LogP contribution is 2.24. The first-order valence-corrected chi connectivity index (χ1v) is 8.14. The van der Waals surface area contributed by atoms with Crippen LogP contribution < -0.4 is 0 Å². The van der Waals surface area contributed by atoms with Crippen molar-refractivity contribution in [3.8, 4) is 0 Å². The Morgan fingerprint density at radius 2 is 1.80 bits per heavy atom. The van der Waals surface area contributed by atoms with Crippen molar-refractivity contribution in [3.63, 3.8) is 0 Å². The average Bonchev–Trinajstić information content (AvgIpc) is 2.60. The molecule has 1 aliphatic rings. The fraction of sp³-hybridized carbons (Fsp3) is 0.588. The van der Waals surface area contributed by atoms with Crippen LogP contribution in [0.4, 0.5) is 0 Å². The second-order valence-electron chi connectivity index (χ2n) is 6.08. The molecule has 1 aromatic rings. The summed E-state index contributed by atoms with van der Waals surface area (Å²) in [6, 6.07) is 9.44. The van der Waals surface area contributed by atoms with Crippen LogP contribution in [0.1, 0.15) is 18.4 Å². The molecule has 8 nitrogen and oxygen atoms in total. The first kappa shape index (κ1) is 19.8. The summed E-state index contributed by atoms with van der Waals surface area (Å²) >= 11 is 0. The molecule has 0 unspecified atom stereocenters. The van der Waals surface area contributed by atoms with Crippen molar-refractivity contribution in [1.82, 2.24) is 0 Å². The monoisotopic (exact) mass is 356 g/mol. The van der Waals surface area contributed by atoms with E-state index in [2.05, 4.69) is 0 Å². The van der Waals surface area contributed by atoms with Gasteiger partial charge in [-0.05, 0) is 18.4 Å². The topological polar surface area (TPSA) is 137 Å². The number of aliphatic hydroxyl groups is 4. The zero-order chi connectivity index (χ0) is 18.4. The van der Waals surface area contributed by atoms with Crippen molar-refractivity contribution < 1.29 is 39.8 Å². The van der Waals surface area contributed by atoms with Gasteiger partial charge in [-0.25, -0.2) is 0 Å². The zero-order valence-corrected chi connectivity index (χ0v) is 13.6. The summed E-state index contributed by atoms with van der Waals surface area (Å²) in [6.07, 6.45) is -7.16. The maximum Gasteiger partial charge on any atom is 0.305 e. The van der Waals surface area contributed by atoms with E-state index in [1.807, 2.05) is 30.3 Å². The molecule has 1 saturated heterocycles. The average molecular weight is 356 g/mol. The molecule has 1 heterocycles. The first-order chi connectivity index (χ1) is 11.9. The maximum absolute atomic E-state index is 11.1. The normalized spacial score (nSPS) is 30.8. The highest BCUT2D eigenvalue weighted by atomic mass is 16.7. The van der Waals surface area contributed by atoms with Crippen molar-refractivity contribution in [1.29, 1.82) is 0 Å². The molecule has 6 atom stereocenters. The lowest BCUT2D eigenvalue weighted by Crippen LogP contribution is -2.59. The third kappa shape index (κ3) is 5.46. The minimum absolute atomic E-state index is 0.304. The van der Waals surface area contributed by atoms with E-state index in [0.29, 0.717) is 12.8 Å². The number of benzene rings is 1. The number of hydrogen-bond acceptors (Lipinski definition) is 7. The zero-order valence-electron chi connectivity index (χ0n) is 13.6. The molecule has 5 N–H and O–H groups in total. The molecule has 1 aromatic carbocycles. The third-order valence-corrected chi connectivity index (χ3v) is 4.18. The molecule has 1 fully saturated rings. The lowest BCUT2D eigenvalue weighted by atomic mass is 9.99. The number of ether oxygens (including phenoxy) is 2. The van der Waals surface area contributed by atoms with Crippen LogP contribution in [0.2, 0.25) is 0 Å². The van der Waals surface area contributed by atoms with Gasteiger partial charge in [0, 0.05) is 0 Å². The number of aliphatic carboxylic acids is 1. The third-order valence-electron chi connectivity index (χ3n) is 4.18. The van der Waals surface area contributed by atoms with E-state index in [9.17, 15) is 25.2 Å². The number of carboxylic acid groups (broad SMARTS) is 1. The fourth-order valence-corrected chi connectivity index (χ4v) is 2.75. The molecule has 25 heavy (non-hydrogen) atoms. The molecule has 0 aromatic heterocycles. The van der Waals surface area contributed by atoms with Gasteiger partial charge in [-0.15, -0.1) is 0 Å². The number of carboxylic acids is 1. The summed E-state index contributed by atoms with van der Waals surface area (Å²) < 4.78 is 10.8. The SMILES string of the molecule is O=C(O)C[C@H](CCc1ccccc1)O[C@@H]1O[C@@H](CO)[C@@H](O)[C@H](O)[C@@H]1O. The molecule has 1 aliphatic heterocycles. The number of rotatable bonds is 8. The van der Waals surface area contributed by atoms with E-state index in [-0.39, 0.29) is 6.42 Å². The number of hydrogen-bond donors (Lipinski definition) is 5. The van der Waals surface area contributed by atoms with Crippen LogP contribution >= 0.6 is 0 Å². The van der Waals surface area contributed by atoms with Gasteiger partial charge in [0.25, 0.3) is 0 Å². The lowest BCUT2D eigenvalue weighted by molar-refractivity contribution is -0.311. The van der Waals surface area contributed by atoms with E-state index in [1.54, 1.807) is 0 Å². The van der Waals surface area contributed by atoms with Gasteiger partial charge in [0.2, 0.25) is 0 Å². The van der Waals surface area contributed by atoms with Crippen LogP contribution in [0, 0.1) is 0 Å². The Kier molecular flexibility index (Phi) is 7.30. The van der Waals surface area contributed by atoms with Crippen molar-refractivity contribution in [2.24, 2.45) is 0 Å². The van der Waals surface area contributed by atoms with Gasteiger partial charge in [0.05, 0.1) is 19.1 Å². The van der Waals surface area contributed by atoms with Crippen LogP contribution in [0.15, 0.2) is 30.3 Å². The minimum Gasteiger partial charge on any atom is -0.481 e. The van der Waals surface area contributed by atoms with E-state index in [1.165, 1.54) is 0 Å². The van der Waals surface area contributed by atoms with E-state index in [4.69, 9.17) is 14.6 Å².